The number of benzene rings is 1. The second kappa shape index (κ2) is 3.58. The van der Waals surface area contributed by atoms with Gasteiger partial charge in [0.2, 0.25) is 5.91 Å². The highest BCUT2D eigenvalue weighted by atomic mass is 16.3. The Bertz CT molecular complexity index is 515. The summed E-state index contributed by atoms with van der Waals surface area (Å²) in [5, 5.41) is 13.3. The lowest BCUT2D eigenvalue weighted by Gasteiger charge is -2.20. The Hall–Kier alpha value is -1.35. The van der Waals surface area contributed by atoms with Crippen LogP contribution >= 0.6 is 0 Å². The Labute approximate surface area is 106 Å². The van der Waals surface area contributed by atoms with Crippen LogP contribution in [0.1, 0.15) is 36.5 Å². The molecule has 3 atom stereocenters. The third-order valence-corrected chi connectivity index (χ3v) is 4.82. The average molecular weight is 243 g/mol. The van der Waals surface area contributed by atoms with Gasteiger partial charge in [-0.2, -0.15) is 0 Å². The minimum atomic E-state index is -0.348. The molecule has 94 valence electrons. The Morgan fingerprint density at radius 2 is 2.00 bits per heavy atom. The zero-order chi connectivity index (χ0) is 12.3. The third-order valence-electron chi connectivity index (χ3n) is 4.82. The molecule has 2 fully saturated rings. The summed E-state index contributed by atoms with van der Waals surface area (Å²) in [4.78, 5) is 11.3. The molecule has 2 saturated carbocycles. The van der Waals surface area contributed by atoms with Gasteiger partial charge in [0.15, 0.2) is 0 Å². The standard InChI is InChI=1S/C15H17NO2/c17-14-7-11-3-8(1-2-13(11)16-14)15(18)12-5-9-4-10(9)6-12/h1-3,9-10,12,15,18H,4-7H2,(H,16,17). The van der Waals surface area contributed by atoms with Crippen molar-refractivity contribution in [3.63, 3.8) is 0 Å². The molecule has 3 unspecified atom stereocenters. The van der Waals surface area contributed by atoms with Crippen LogP contribution in [0.5, 0.6) is 0 Å². The molecule has 18 heavy (non-hydrogen) atoms. The summed E-state index contributed by atoms with van der Waals surface area (Å²) < 4.78 is 0. The highest BCUT2D eigenvalue weighted by Gasteiger charge is 2.47. The average Bonchev–Trinajstić information content (AvgIpc) is 2.82. The van der Waals surface area contributed by atoms with E-state index in [1.807, 2.05) is 18.2 Å². The maximum atomic E-state index is 11.3. The van der Waals surface area contributed by atoms with Crippen molar-refractivity contribution in [1.29, 1.82) is 0 Å². The molecule has 1 heterocycles. The van der Waals surface area contributed by atoms with Gasteiger partial charge in [0, 0.05) is 5.69 Å². The van der Waals surface area contributed by atoms with E-state index in [0.29, 0.717) is 12.3 Å². The number of rotatable bonds is 2. The largest absolute Gasteiger partial charge is 0.388 e. The molecule has 3 heteroatoms. The predicted molar refractivity (Wildman–Crippen MR) is 68.1 cm³/mol. The van der Waals surface area contributed by atoms with E-state index >= 15 is 0 Å². The van der Waals surface area contributed by atoms with Crippen molar-refractivity contribution in [2.75, 3.05) is 5.32 Å². The summed E-state index contributed by atoms with van der Waals surface area (Å²) >= 11 is 0. The van der Waals surface area contributed by atoms with Crippen LogP contribution < -0.4 is 5.32 Å². The summed E-state index contributed by atoms with van der Waals surface area (Å²) in [6.07, 6.45) is 3.84. The number of fused-ring (bicyclic) bond motifs is 2. The van der Waals surface area contributed by atoms with Gasteiger partial charge in [-0.3, -0.25) is 4.79 Å². The quantitative estimate of drug-likeness (QED) is 0.837. The molecule has 2 N–H and O–H groups in total. The molecular weight excluding hydrogens is 226 g/mol. The molecule has 0 bridgehead atoms. The predicted octanol–water partition coefficient (Wildman–Crippen LogP) is 2.26. The van der Waals surface area contributed by atoms with E-state index in [9.17, 15) is 9.90 Å². The molecule has 0 aromatic heterocycles. The van der Waals surface area contributed by atoms with Crippen LogP contribution in [-0.2, 0) is 11.2 Å². The third kappa shape index (κ3) is 1.57. The van der Waals surface area contributed by atoms with Crippen LogP contribution in [0.25, 0.3) is 0 Å². The van der Waals surface area contributed by atoms with Crippen molar-refractivity contribution >= 4 is 11.6 Å². The number of nitrogens with one attached hydrogen (secondary N) is 1. The van der Waals surface area contributed by atoms with Crippen molar-refractivity contribution < 1.29 is 9.90 Å². The molecule has 2 aliphatic carbocycles. The first-order valence-electron chi connectivity index (χ1n) is 6.81. The summed E-state index contributed by atoms with van der Waals surface area (Å²) in [7, 11) is 0. The van der Waals surface area contributed by atoms with Gasteiger partial charge in [-0.1, -0.05) is 12.1 Å². The molecule has 1 aromatic carbocycles. The van der Waals surface area contributed by atoms with Gasteiger partial charge in [-0.15, -0.1) is 0 Å². The van der Waals surface area contributed by atoms with E-state index in [-0.39, 0.29) is 12.0 Å². The zero-order valence-corrected chi connectivity index (χ0v) is 10.2. The van der Waals surface area contributed by atoms with Crippen LogP contribution in [0.3, 0.4) is 0 Å². The maximum absolute atomic E-state index is 11.3. The van der Waals surface area contributed by atoms with Crippen molar-refractivity contribution in [2.45, 2.75) is 31.8 Å². The first-order chi connectivity index (χ1) is 8.70. The molecule has 0 spiro atoms. The van der Waals surface area contributed by atoms with Crippen LogP contribution in [0.4, 0.5) is 5.69 Å². The topological polar surface area (TPSA) is 49.3 Å². The van der Waals surface area contributed by atoms with Gasteiger partial charge in [-0.05, 0) is 54.2 Å². The monoisotopic (exact) mass is 243 g/mol. The van der Waals surface area contributed by atoms with E-state index in [0.717, 1.165) is 28.7 Å². The zero-order valence-electron chi connectivity index (χ0n) is 10.2. The summed E-state index contributed by atoms with van der Waals surface area (Å²) in [5.74, 6) is 2.26. The lowest BCUT2D eigenvalue weighted by atomic mass is 9.90. The number of amides is 1. The van der Waals surface area contributed by atoms with E-state index < -0.39 is 0 Å². The number of hydrogen-bond donors (Lipinski definition) is 2. The molecule has 0 saturated heterocycles. The fourth-order valence-electron chi connectivity index (χ4n) is 3.72. The molecule has 3 nitrogen and oxygen atoms in total. The Morgan fingerprint density at radius 3 is 2.78 bits per heavy atom. The minimum Gasteiger partial charge on any atom is -0.388 e. The van der Waals surface area contributed by atoms with Gasteiger partial charge in [-0.25, -0.2) is 0 Å². The molecule has 1 aromatic rings. The second-order valence-electron chi connectivity index (χ2n) is 6.07. The number of anilines is 1. The first-order valence-corrected chi connectivity index (χ1v) is 6.81. The summed E-state index contributed by atoms with van der Waals surface area (Å²) in [6, 6.07) is 5.88. The molecule has 1 aliphatic heterocycles. The van der Waals surface area contributed by atoms with Crippen molar-refractivity contribution in [3.05, 3.63) is 29.3 Å². The smallest absolute Gasteiger partial charge is 0.228 e. The van der Waals surface area contributed by atoms with Crippen molar-refractivity contribution in [2.24, 2.45) is 17.8 Å². The highest BCUT2D eigenvalue weighted by molar-refractivity contribution is 5.99. The molecule has 0 radical (unpaired) electrons. The first kappa shape index (κ1) is 10.6. The summed E-state index contributed by atoms with van der Waals surface area (Å²) in [6.45, 7) is 0. The molecule has 1 amide bonds. The van der Waals surface area contributed by atoms with Crippen molar-refractivity contribution in [1.82, 2.24) is 0 Å². The van der Waals surface area contributed by atoms with Gasteiger partial charge in [0.25, 0.3) is 0 Å². The Kier molecular flexibility index (Phi) is 2.10. The lowest BCUT2D eigenvalue weighted by molar-refractivity contribution is -0.115. The van der Waals surface area contributed by atoms with Gasteiger partial charge in [0.05, 0.1) is 12.5 Å². The summed E-state index contributed by atoms with van der Waals surface area (Å²) in [5.41, 5.74) is 2.92. The second-order valence-corrected chi connectivity index (χ2v) is 6.07. The van der Waals surface area contributed by atoms with Crippen LogP contribution in [0.15, 0.2) is 18.2 Å². The minimum absolute atomic E-state index is 0.0544. The number of aliphatic hydroxyl groups is 1. The number of carbonyl (C=O) groups excluding carboxylic acids is 1. The van der Waals surface area contributed by atoms with Gasteiger partial charge >= 0.3 is 0 Å². The SMILES string of the molecule is O=C1Cc2cc(C(O)C3CC4CC4C3)ccc2N1. The Morgan fingerprint density at radius 1 is 1.22 bits per heavy atom. The van der Waals surface area contributed by atoms with Gasteiger partial charge < -0.3 is 10.4 Å². The fourth-order valence-corrected chi connectivity index (χ4v) is 3.72. The number of carbonyl (C=O) groups is 1. The van der Waals surface area contributed by atoms with Crippen molar-refractivity contribution in [3.8, 4) is 0 Å². The number of hydrogen-bond acceptors (Lipinski definition) is 2. The molecule has 3 aliphatic rings. The van der Waals surface area contributed by atoms with E-state index in [1.54, 1.807) is 0 Å². The Balaban J connectivity index is 1.57. The van der Waals surface area contributed by atoms with E-state index in [2.05, 4.69) is 5.32 Å². The molecular formula is C15H17NO2. The fraction of sp³-hybridized carbons (Fsp3) is 0.533. The van der Waals surface area contributed by atoms with Crippen LogP contribution in [-0.4, -0.2) is 11.0 Å². The highest BCUT2D eigenvalue weighted by Crippen LogP contribution is 2.57. The van der Waals surface area contributed by atoms with E-state index in [1.165, 1.54) is 19.3 Å². The maximum Gasteiger partial charge on any atom is 0.228 e. The van der Waals surface area contributed by atoms with Crippen LogP contribution in [0.2, 0.25) is 0 Å². The molecule has 4 rings (SSSR count). The normalized spacial score (nSPS) is 33.8. The van der Waals surface area contributed by atoms with Crippen LogP contribution in [0, 0.1) is 17.8 Å². The lowest BCUT2D eigenvalue weighted by Crippen LogP contribution is -2.11. The van der Waals surface area contributed by atoms with Gasteiger partial charge in [0.1, 0.15) is 0 Å². The number of aliphatic hydroxyl groups excluding tert-OH is 1. The van der Waals surface area contributed by atoms with E-state index in [4.69, 9.17) is 0 Å².